The van der Waals surface area contributed by atoms with E-state index in [9.17, 15) is 9.59 Å². The Bertz CT molecular complexity index is 1090. The second kappa shape index (κ2) is 9.12. The van der Waals surface area contributed by atoms with Gasteiger partial charge in [-0.05, 0) is 30.2 Å². The largest absolute Gasteiger partial charge is 0.352 e. The number of aromatic nitrogens is 3. The minimum atomic E-state index is -0.123. The van der Waals surface area contributed by atoms with Gasteiger partial charge in [-0.1, -0.05) is 24.3 Å². The average Bonchev–Trinajstić information content (AvgIpc) is 3.10. The number of hydrogen-bond acceptors (Lipinski definition) is 4. The highest BCUT2D eigenvalue weighted by molar-refractivity contribution is 5.93. The number of pyridine rings is 1. The predicted octanol–water partition coefficient (Wildman–Crippen LogP) is 2.22. The van der Waals surface area contributed by atoms with E-state index in [1.807, 2.05) is 47.8 Å². The molecule has 0 fully saturated rings. The Morgan fingerprint density at radius 1 is 1.13 bits per heavy atom. The summed E-state index contributed by atoms with van der Waals surface area (Å²) in [7, 11) is 1.95. The van der Waals surface area contributed by atoms with Crippen molar-refractivity contribution in [2.75, 3.05) is 13.1 Å². The van der Waals surface area contributed by atoms with Crippen molar-refractivity contribution in [3.05, 3.63) is 82.4 Å². The smallest absolute Gasteiger partial charge is 0.251 e. The van der Waals surface area contributed by atoms with Crippen LogP contribution in [-0.2, 0) is 37.6 Å². The number of aryl methyl sites for hydroxylation is 2. The first-order chi connectivity index (χ1) is 15.0. The molecule has 0 saturated heterocycles. The summed E-state index contributed by atoms with van der Waals surface area (Å²) in [6, 6.07) is 11.4. The van der Waals surface area contributed by atoms with Crippen molar-refractivity contribution in [1.82, 2.24) is 25.0 Å². The number of benzene rings is 1. The van der Waals surface area contributed by atoms with Gasteiger partial charge in [0.25, 0.3) is 5.91 Å². The second-order valence-electron chi connectivity index (χ2n) is 7.91. The summed E-state index contributed by atoms with van der Waals surface area (Å²) >= 11 is 0. The molecule has 1 aromatic carbocycles. The molecule has 3 aromatic rings. The molecule has 1 aliphatic rings. The van der Waals surface area contributed by atoms with Crippen LogP contribution in [0, 0.1) is 6.92 Å². The number of amides is 2. The van der Waals surface area contributed by atoms with Crippen LogP contribution in [0.5, 0.6) is 0 Å². The first-order valence-corrected chi connectivity index (χ1v) is 10.6. The van der Waals surface area contributed by atoms with Crippen LogP contribution in [-0.4, -0.2) is 44.6 Å². The fourth-order valence-corrected chi connectivity index (χ4v) is 4.07. The van der Waals surface area contributed by atoms with Crippen molar-refractivity contribution >= 4 is 11.8 Å². The zero-order valence-corrected chi connectivity index (χ0v) is 18.0. The van der Waals surface area contributed by atoms with Crippen molar-refractivity contribution in [1.29, 1.82) is 0 Å². The first kappa shape index (κ1) is 20.8. The van der Waals surface area contributed by atoms with Gasteiger partial charge >= 0.3 is 0 Å². The van der Waals surface area contributed by atoms with E-state index in [2.05, 4.69) is 15.4 Å². The van der Waals surface area contributed by atoms with E-state index in [0.717, 1.165) is 28.8 Å². The van der Waals surface area contributed by atoms with Crippen LogP contribution < -0.4 is 5.32 Å². The molecule has 160 valence electrons. The van der Waals surface area contributed by atoms with Gasteiger partial charge in [0.1, 0.15) is 0 Å². The third-order valence-electron chi connectivity index (χ3n) is 5.87. The normalized spacial score (nSPS) is 13.0. The molecule has 0 spiro atoms. The van der Waals surface area contributed by atoms with E-state index in [1.54, 1.807) is 24.5 Å². The van der Waals surface area contributed by atoms with E-state index >= 15 is 0 Å². The van der Waals surface area contributed by atoms with Crippen molar-refractivity contribution in [3.63, 3.8) is 0 Å². The van der Waals surface area contributed by atoms with Gasteiger partial charge in [0.15, 0.2) is 0 Å². The lowest BCUT2D eigenvalue weighted by molar-refractivity contribution is -0.131. The molecule has 4 rings (SSSR count). The first-order valence-electron chi connectivity index (χ1n) is 10.6. The summed E-state index contributed by atoms with van der Waals surface area (Å²) in [6.45, 7) is 3.80. The third-order valence-corrected chi connectivity index (χ3v) is 5.87. The number of carbonyl (C=O) groups is 2. The van der Waals surface area contributed by atoms with Crippen LogP contribution in [0.25, 0.3) is 0 Å². The molecule has 0 unspecified atom stereocenters. The highest BCUT2D eigenvalue weighted by Gasteiger charge is 2.26. The SMILES string of the molecule is Cc1ccccc1CC(=O)N1CCc2c(c(CCNC(=O)c3ccncc3)nn2C)C1. The van der Waals surface area contributed by atoms with E-state index in [0.29, 0.717) is 38.0 Å². The van der Waals surface area contributed by atoms with Crippen molar-refractivity contribution in [2.45, 2.75) is 32.7 Å². The number of nitrogens with zero attached hydrogens (tertiary/aromatic N) is 4. The van der Waals surface area contributed by atoms with E-state index in [-0.39, 0.29) is 11.8 Å². The zero-order valence-electron chi connectivity index (χ0n) is 18.0. The molecule has 2 amide bonds. The van der Waals surface area contributed by atoms with E-state index < -0.39 is 0 Å². The molecular formula is C24H27N5O2. The lowest BCUT2D eigenvalue weighted by Gasteiger charge is -2.28. The molecule has 0 bridgehead atoms. The molecule has 2 aromatic heterocycles. The van der Waals surface area contributed by atoms with Gasteiger partial charge in [-0.3, -0.25) is 19.3 Å². The van der Waals surface area contributed by atoms with Crippen molar-refractivity contribution < 1.29 is 9.59 Å². The Morgan fingerprint density at radius 3 is 2.68 bits per heavy atom. The summed E-state index contributed by atoms with van der Waals surface area (Å²) in [4.78, 5) is 31.1. The number of nitrogens with one attached hydrogen (secondary N) is 1. The van der Waals surface area contributed by atoms with E-state index in [4.69, 9.17) is 0 Å². The molecule has 31 heavy (non-hydrogen) atoms. The third kappa shape index (κ3) is 4.66. The molecule has 0 atom stereocenters. The maximum Gasteiger partial charge on any atom is 0.251 e. The summed E-state index contributed by atoms with van der Waals surface area (Å²) in [5.74, 6) is 0.0166. The van der Waals surface area contributed by atoms with Gasteiger partial charge < -0.3 is 10.2 Å². The molecule has 0 saturated carbocycles. The van der Waals surface area contributed by atoms with Gasteiger partial charge in [0, 0.05) is 68.7 Å². The zero-order chi connectivity index (χ0) is 21.8. The molecule has 0 radical (unpaired) electrons. The van der Waals surface area contributed by atoms with E-state index in [1.165, 1.54) is 5.69 Å². The monoisotopic (exact) mass is 417 g/mol. The summed E-state index contributed by atoms with van der Waals surface area (Å²) in [5.41, 5.74) is 6.04. The Kier molecular flexibility index (Phi) is 6.11. The minimum Gasteiger partial charge on any atom is -0.352 e. The molecule has 1 N–H and O–H groups in total. The minimum absolute atomic E-state index is 0.123. The van der Waals surface area contributed by atoms with Crippen LogP contribution in [0.1, 0.15) is 38.4 Å². The highest BCUT2D eigenvalue weighted by atomic mass is 16.2. The van der Waals surface area contributed by atoms with Gasteiger partial charge in [-0.2, -0.15) is 5.10 Å². The molecule has 7 heteroatoms. The molecule has 0 aliphatic carbocycles. The van der Waals surface area contributed by atoms with Crippen molar-refractivity contribution in [2.24, 2.45) is 7.05 Å². The molecule has 3 heterocycles. The van der Waals surface area contributed by atoms with Gasteiger partial charge in [0.05, 0.1) is 12.1 Å². The summed E-state index contributed by atoms with van der Waals surface area (Å²) in [6.07, 6.45) is 5.04. The molecule has 7 nitrogen and oxygen atoms in total. The Morgan fingerprint density at radius 2 is 1.90 bits per heavy atom. The summed E-state index contributed by atoms with van der Waals surface area (Å²) in [5, 5.41) is 7.61. The molecular weight excluding hydrogens is 390 g/mol. The number of hydrogen-bond donors (Lipinski definition) is 1. The summed E-state index contributed by atoms with van der Waals surface area (Å²) < 4.78 is 1.92. The van der Waals surface area contributed by atoms with Crippen LogP contribution in [0.15, 0.2) is 48.8 Å². The Hall–Kier alpha value is -3.48. The lowest BCUT2D eigenvalue weighted by Crippen LogP contribution is -2.37. The fourth-order valence-electron chi connectivity index (χ4n) is 4.07. The lowest BCUT2D eigenvalue weighted by atomic mass is 10.0. The maximum atomic E-state index is 12.9. The highest BCUT2D eigenvalue weighted by Crippen LogP contribution is 2.23. The quantitative estimate of drug-likeness (QED) is 0.667. The van der Waals surface area contributed by atoms with Gasteiger partial charge in [-0.15, -0.1) is 0 Å². The fraction of sp³-hybridized carbons (Fsp3) is 0.333. The molecule has 1 aliphatic heterocycles. The van der Waals surface area contributed by atoms with Crippen LogP contribution in [0.2, 0.25) is 0 Å². The van der Waals surface area contributed by atoms with Crippen molar-refractivity contribution in [3.8, 4) is 0 Å². The van der Waals surface area contributed by atoms with Crippen LogP contribution in [0.3, 0.4) is 0 Å². The Labute approximate surface area is 182 Å². The standard InChI is InChI=1S/C24H27N5O2/c1-17-5-3-4-6-19(17)15-23(30)29-14-10-22-20(16-29)21(27-28(22)2)9-13-26-24(31)18-7-11-25-12-8-18/h3-8,11-12H,9-10,13-16H2,1-2H3,(H,26,31). The topological polar surface area (TPSA) is 80.1 Å². The van der Waals surface area contributed by atoms with Crippen LogP contribution in [0.4, 0.5) is 0 Å². The maximum absolute atomic E-state index is 12.9. The second-order valence-corrected chi connectivity index (χ2v) is 7.91. The average molecular weight is 418 g/mol. The van der Waals surface area contributed by atoms with Gasteiger partial charge in [0.2, 0.25) is 5.91 Å². The Balaban J connectivity index is 1.40. The van der Waals surface area contributed by atoms with Crippen LogP contribution >= 0.6 is 0 Å². The number of fused-ring (bicyclic) bond motifs is 1. The predicted molar refractivity (Wildman–Crippen MR) is 117 cm³/mol. The number of carbonyl (C=O) groups excluding carboxylic acids is 2. The van der Waals surface area contributed by atoms with Gasteiger partial charge in [-0.25, -0.2) is 0 Å². The number of rotatable bonds is 6.